The van der Waals surface area contributed by atoms with Crippen LogP contribution < -0.4 is 4.90 Å². The molecule has 33 heavy (non-hydrogen) atoms. The third-order valence-corrected chi connectivity index (χ3v) is 6.05. The lowest BCUT2D eigenvalue weighted by Gasteiger charge is -2.27. The van der Waals surface area contributed by atoms with Gasteiger partial charge in [0, 0.05) is 49.1 Å². The molecule has 0 atom stereocenters. The van der Waals surface area contributed by atoms with E-state index in [-0.39, 0.29) is 5.91 Å². The van der Waals surface area contributed by atoms with Crippen LogP contribution in [0.25, 0.3) is 17.5 Å². The van der Waals surface area contributed by atoms with Crippen LogP contribution in [0.2, 0.25) is 0 Å². The molecule has 1 aliphatic rings. The van der Waals surface area contributed by atoms with Gasteiger partial charge in [-0.15, -0.1) is 0 Å². The first kappa shape index (κ1) is 22.7. The summed E-state index contributed by atoms with van der Waals surface area (Å²) in [6, 6.07) is 20.1. The fourth-order valence-corrected chi connectivity index (χ4v) is 4.39. The highest BCUT2D eigenvalue weighted by molar-refractivity contribution is 5.91. The Morgan fingerprint density at radius 1 is 0.909 bits per heavy atom. The maximum atomic E-state index is 12.8. The first-order valence-corrected chi connectivity index (χ1v) is 11.7. The van der Waals surface area contributed by atoms with Gasteiger partial charge in [0.15, 0.2) is 5.82 Å². The lowest BCUT2D eigenvalue weighted by atomic mass is 10.0. The van der Waals surface area contributed by atoms with Gasteiger partial charge in [-0.1, -0.05) is 74.5 Å². The van der Waals surface area contributed by atoms with Crippen LogP contribution in [0.1, 0.15) is 43.0 Å². The number of benzene rings is 2. The van der Waals surface area contributed by atoms with Crippen LogP contribution >= 0.6 is 0 Å². The maximum Gasteiger partial charge on any atom is 0.246 e. The summed E-state index contributed by atoms with van der Waals surface area (Å²) in [6.07, 6.45) is 4.49. The Labute approximate surface area is 196 Å². The molecule has 1 aromatic heterocycles. The summed E-state index contributed by atoms with van der Waals surface area (Å²) in [6.45, 7) is 9.53. The zero-order valence-corrected chi connectivity index (χ0v) is 19.7. The molecule has 0 saturated carbocycles. The van der Waals surface area contributed by atoms with Crippen LogP contribution in [0.5, 0.6) is 0 Å². The van der Waals surface area contributed by atoms with Gasteiger partial charge in [0.1, 0.15) is 5.82 Å². The number of amides is 1. The van der Waals surface area contributed by atoms with Gasteiger partial charge in [-0.2, -0.15) is 0 Å². The molecule has 0 N–H and O–H groups in total. The number of hydrogen-bond acceptors (Lipinski definition) is 4. The molecular weight excluding hydrogens is 408 g/mol. The van der Waals surface area contributed by atoms with Gasteiger partial charge in [-0.3, -0.25) is 4.79 Å². The fourth-order valence-electron chi connectivity index (χ4n) is 4.39. The number of carbonyl (C=O) groups is 1. The zero-order valence-electron chi connectivity index (χ0n) is 19.7. The predicted molar refractivity (Wildman–Crippen MR) is 135 cm³/mol. The second-order valence-corrected chi connectivity index (χ2v) is 8.80. The molecule has 170 valence electrons. The van der Waals surface area contributed by atoms with Crippen LogP contribution in [-0.2, 0) is 4.79 Å². The SMILES string of the molecule is Cc1nc(-c2ccccc2)nc(N2CCCN(C(=O)C=Cc3ccccc3)CC2)c1C(C)C. The molecule has 0 unspecified atom stereocenters. The monoisotopic (exact) mass is 440 g/mol. The second kappa shape index (κ2) is 10.4. The van der Waals surface area contributed by atoms with Gasteiger partial charge in [0.2, 0.25) is 5.91 Å². The predicted octanol–water partition coefficient (Wildman–Crippen LogP) is 5.33. The van der Waals surface area contributed by atoms with E-state index in [2.05, 4.69) is 37.8 Å². The van der Waals surface area contributed by atoms with Crippen LogP contribution in [0.15, 0.2) is 66.7 Å². The standard InChI is InChI=1S/C28H32N4O/c1-21(2)26-22(3)29-27(24-13-8-5-9-14-24)30-28(26)32-18-10-17-31(19-20-32)25(33)16-15-23-11-6-4-7-12-23/h4-9,11-16,21H,10,17-20H2,1-3H3. The molecular formula is C28H32N4O. The van der Waals surface area contributed by atoms with Crippen molar-refractivity contribution < 1.29 is 4.79 Å². The van der Waals surface area contributed by atoms with Crippen molar-refractivity contribution in [3.8, 4) is 11.4 Å². The molecule has 5 nitrogen and oxygen atoms in total. The van der Waals surface area contributed by atoms with Crippen LogP contribution in [0.3, 0.4) is 0 Å². The lowest BCUT2D eigenvalue weighted by molar-refractivity contribution is -0.125. The molecule has 1 amide bonds. The molecule has 1 saturated heterocycles. The highest BCUT2D eigenvalue weighted by Crippen LogP contribution is 2.31. The Morgan fingerprint density at radius 2 is 1.61 bits per heavy atom. The molecule has 0 aliphatic carbocycles. The topological polar surface area (TPSA) is 49.3 Å². The maximum absolute atomic E-state index is 12.8. The van der Waals surface area contributed by atoms with E-state index >= 15 is 0 Å². The minimum absolute atomic E-state index is 0.0635. The minimum atomic E-state index is 0.0635. The van der Waals surface area contributed by atoms with Crippen molar-refractivity contribution in [2.45, 2.75) is 33.1 Å². The Morgan fingerprint density at radius 3 is 2.30 bits per heavy atom. The van der Waals surface area contributed by atoms with E-state index in [1.807, 2.05) is 59.5 Å². The first-order chi connectivity index (χ1) is 16.0. The van der Waals surface area contributed by atoms with Crippen molar-refractivity contribution in [2.75, 3.05) is 31.1 Å². The molecule has 3 aromatic rings. The summed E-state index contributed by atoms with van der Waals surface area (Å²) >= 11 is 0. The molecule has 5 heteroatoms. The number of nitrogens with zero attached hydrogens (tertiary/aromatic N) is 4. The lowest BCUT2D eigenvalue weighted by Crippen LogP contribution is -2.35. The smallest absolute Gasteiger partial charge is 0.246 e. The summed E-state index contributed by atoms with van der Waals surface area (Å²) < 4.78 is 0. The van der Waals surface area contributed by atoms with E-state index in [0.717, 1.165) is 54.5 Å². The number of carbonyl (C=O) groups excluding carboxylic acids is 1. The van der Waals surface area contributed by atoms with Gasteiger partial charge in [-0.05, 0) is 30.9 Å². The normalized spacial score (nSPS) is 14.7. The van der Waals surface area contributed by atoms with E-state index in [1.54, 1.807) is 6.08 Å². The summed E-state index contributed by atoms with van der Waals surface area (Å²) in [4.78, 5) is 27.0. The van der Waals surface area contributed by atoms with Gasteiger partial charge < -0.3 is 9.80 Å². The average molecular weight is 441 g/mol. The molecule has 0 spiro atoms. The Hall–Kier alpha value is -3.47. The Balaban J connectivity index is 1.55. The molecule has 2 aromatic carbocycles. The van der Waals surface area contributed by atoms with Crippen molar-refractivity contribution in [3.05, 3.63) is 83.6 Å². The summed E-state index contributed by atoms with van der Waals surface area (Å²) in [5.74, 6) is 2.15. The third kappa shape index (κ3) is 5.48. The highest BCUT2D eigenvalue weighted by atomic mass is 16.2. The molecule has 2 heterocycles. The van der Waals surface area contributed by atoms with Crippen LogP contribution in [0, 0.1) is 6.92 Å². The largest absolute Gasteiger partial charge is 0.354 e. The van der Waals surface area contributed by atoms with E-state index in [4.69, 9.17) is 9.97 Å². The Kier molecular flexibility index (Phi) is 7.18. The van der Waals surface area contributed by atoms with Crippen LogP contribution in [0.4, 0.5) is 5.82 Å². The molecule has 0 bridgehead atoms. The van der Waals surface area contributed by atoms with E-state index in [1.165, 1.54) is 5.56 Å². The minimum Gasteiger partial charge on any atom is -0.354 e. The number of hydrogen-bond donors (Lipinski definition) is 0. The highest BCUT2D eigenvalue weighted by Gasteiger charge is 2.24. The van der Waals surface area contributed by atoms with Crippen molar-refractivity contribution in [1.82, 2.24) is 14.9 Å². The molecule has 4 rings (SSSR count). The molecule has 1 fully saturated rings. The van der Waals surface area contributed by atoms with Crippen molar-refractivity contribution in [2.24, 2.45) is 0 Å². The van der Waals surface area contributed by atoms with E-state index in [0.29, 0.717) is 12.5 Å². The summed E-state index contributed by atoms with van der Waals surface area (Å²) in [5, 5.41) is 0. The quantitative estimate of drug-likeness (QED) is 0.503. The third-order valence-electron chi connectivity index (χ3n) is 6.05. The number of aryl methyl sites for hydroxylation is 1. The first-order valence-electron chi connectivity index (χ1n) is 11.7. The van der Waals surface area contributed by atoms with Gasteiger partial charge >= 0.3 is 0 Å². The van der Waals surface area contributed by atoms with E-state index < -0.39 is 0 Å². The van der Waals surface area contributed by atoms with Crippen molar-refractivity contribution in [1.29, 1.82) is 0 Å². The van der Waals surface area contributed by atoms with E-state index in [9.17, 15) is 4.79 Å². The summed E-state index contributed by atoms with van der Waals surface area (Å²) in [7, 11) is 0. The number of aromatic nitrogens is 2. The zero-order chi connectivity index (χ0) is 23.2. The fraction of sp³-hybridized carbons (Fsp3) is 0.321. The second-order valence-electron chi connectivity index (χ2n) is 8.80. The van der Waals surface area contributed by atoms with Crippen LogP contribution in [-0.4, -0.2) is 47.0 Å². The van der Waals surface area contributed by atoms with Gasteiger partial charge in [0.05, 0.1) is 0 Å². The van der Waals surface area contributed by atoms with Crippen molar-refractivity contribution in [3.63, 3.8) is 0 Å². The average Bonchev–Trinajstić information content (AvgIpc) is 3.09. The Bertz CT molecular complexity index is 1110. The number of rotatable bonds is 5. The summed E-state index contributed by atoms with van der Waals surface area (Å²) in [5.41, 5.74) is 4.28. The molecule has 0 radical (unpaired) electrons. The van der Waals surface area contributed by atoms with Gasteiger partial charge in [0.25, 0.3) is 0 Å². The molecule has 1 aliphatic heterocycles. The number of anilines is 1. The van der Waals surface area contributed by atoms with Gasteiger partial charge in [-0.25, -0.2) is 9.97 Å². The van der Waals surface area contributed by atoms with Crippen molar-refractivity contribution >= 4 is 17.8 Å².